The normalized spacial score (nSPS) is 15.3. The van der Waals surface area contributed by atoms with Crippen LogP contribution in [0.3, 0.4) is 0 Å². The lowest BCUT2D eigenvalue weighted by atomic mass is 10.0. The highest BCUT2D eigenvalue weighted by atomic mass is 16.3. The van der Waals surface area contributed by atoms with Gasteiger partial charge >= 0.3 is 0 Å². The molecule has 11 heavy (non-hydrogen) atoms. The van der Waals surface area contributed by atoms with E-state index in [1.807, 2.05) is 6.07 Å². The maximum atomic E-state index is 9.12. The van der Waals surface area contributed by atoms with E-state index >= 15 is 0 Å². The summed E-state index contributed by atoms with van der Waals surface area (Å²) in [5.74, 6) is 0.306. The van der Waals surface area contributed by atoms with E-state index in [9.17, 15) is 0 Å². The van der Waals surface area contributed by atoms with Gasteiger partial charge in [-0.1, -0.05) is 0 Å². The third-order valence-corrected chi connectivity index (χ3v) is 1.76. The average Bonchev–Trinajstić information content (AvgIpc) is 2.04. The number of phenolic OH excluding ortho intramolecular Hbond substituents is 1. The topological polar surface area (TPSA) is 32.3 Å². The first-order valence-electron chi connectivity index (χ1n) is 3.67. The number of rotatable bonds is 0. The molecule has 0 atom stereocenters. The predicted octanol–water partition coefficient (Wildman–Crippen LogP) is 1.64. The molecule has 0 saturated heterocycles. The third kappa shape index (κ3) is 1.16. The molecule has 0 aromatic heterocycles. The van der Waals surface area contributed by atoms with E-state index in [1.54, 1.807) is 12.1 Å². The van der Waals surface area contributed by atoms with Crippen LogP contribution in [0.1, 0.15) is 12.0 Å². The number of nitrogens with one attached hydrogen (secondary N) is 1. The summed E-state index contributed by atoms with van der Waals surface area (Å²) in [6.45, 7) is 0.942. The molecule has 2 heteroatoms. The smallest absolute Gasteiger partial charge is 0.116 e. The van der Waals surface area contributed by atoms with Crippen LogP contribution >= 0.6 is 0 Å². The van der Waals surface area contributed by atoms with Crippen LogP contribution in [0.5, 0.6) is 5.75 Å². The molecule has 0 amide bonds. The Kier molecular flexibility index (Phi) is 1.46. The number of phenols is 1. The molecule has 2 radical (unpaired) electrons. The molecule has 2 nitrogen and oxygen atoms in total. The molecule has 2 N–H and O–H groups in total. The predicted molar refractivity (Wildman–Crippen MR) is 43.6 cm³/mol. The van der Waals surface area contributed by atoms with Gasteiger partial charge in [-0.2, -0.15) is 0 Å². The van der Waals surface area contributed by atoms with Gasteiger partial charge in [0.25, 0.3) is 0 Å². The molecule has 0 bridgehead atoms. The van der Waals surface area contributed by atoms with E-state index in [0.717, 1.165) is 24.2 Å². The Balaban J connectivity index is 2.43. The lowest BCUT2D eigenvalue weighted by Crippen LogP contribution is -2.09. The maximum absolute atomic E-state index is 9.12. The Bertz CT molecular complexity index is 270. The van der Waals surface area contributed by atoms with E-state index in [2.05, 4.69) is 11.7 Å². The minimum atomic E-state index is 0.306. The van der Waals surface area contributed by atoms with Gasteiger partial charge in [0.05, 0.1) is 0 Å². The maximum Gasteiger partial charge on any atom is 0.116 e. The van der Waals surface area contributed by atoms with Crippen molar-refractivity contribution < 1.29 is 5.11 Å². The van der Waals surface area contributed by atoms with Gasteiger partial charge < -0.3 is 10.4 Å². The van der Waals surface area contributed by atoms with Crippen molar-refractivity contribution in [2.45, 2.75) is 6.42 Å². The average molecular weight is 147 g/mol. The van der Waals surface area contributed by atoms with Gasteiger partial charge in [0.1, 0.15) is 5.75 Å². The second kappa shape index (κ2) is 2.46. The standard InChI is InChI=1S/C9H9NO/c11-8-3-4-9-7(6-8)2-1-5-10-9/h3-4,6,10-11H,1,5H2. The Hall–Kier alpha value is -1.18. The summed E-state index contributed by atoms with van der Waals surface area (Å²) in [5.41, 5.74) is 2.05. The fourth-order valence-electron chi connectivity index (χ4n) is 1.23. The molecule has 0 aliphatic carbocycles. The third-order valence-electron chi connectivity index (χ3n) is 1.76. The quantitative estimate of drug-likeness (QED) is 0.547. The van der Waals surface area contributed by atoms with E-state index in [-0.39, 0.29) is 0 Å². The fourth-order valence-corrected chi connectivity index (χ4v) is 1.23. The summed E-state index contributed by atoms with van der Waals surface area (Å²) in [4.78, 5) is 0. The highest BCUT2D eigenvalue weighted by molar-refractivity contribution is 5.58. The van der Waals surface area contributed by atoms with Crippen molar-refractivity contribution in [2.24, 2.45) is 0 Å². The van der Waals surface area contributed by atoms with Crippen LogP contribution in [-0.2, 0) is 0 Å². The van der Waals surface area contributed by atoms with Crippen molar-refractivity contribution >= 4 is 5.69 Å². The number of benzene rings is 1. The summed E-state index contributed by atoms with van der Waals surface area (Å²) in [6, 6.07) is 5.27. The molecular formula is C9H9NO. The Morgan fingerprint density at radius 1 is 1.45 bits per heavy atom. The molecule has 0 unspecified atom stereocenters. The summed E-state index contributed by atoms with van der Waals surface area (Å²) in [6.07, 6.45) is 4.09. The molecule has 1 heterocycles. The van der Waals surface area contributed by atoms with Crippen LogP contribution in [-0.4, -0.2) is 11.7 Å². The molecule has 0 fully saturated rings. The zero-order valence-corrected chi connectivity index (χ0v) is 6.09. The summed E-state index contributed by atoms with van der Waals surface area (Å²) in [7, 11) is 0. The molecule has 1 aliphatic rings. The van der Waals surface area contributed by atoms with Crippen molar-refractivity contribution in [3.63, 3.8) is 0 Å². The van der Waals surface area contributed by atoms with Crippen molar-refractivity contribution in [1.82, 2.24) is 0 Å². The van der Waals surface area contributed by atoms with E-state index in [0.29, 0.717) is 5.75 Å². The first-order valence-corrected chi connectivity index (χ1v) is 3.67. The summed E-state index contributed by atoms with van der Waals surface area (Å²) >= 11 is 0. The van der Waals surface area contributed by atoms with Crippen molar-refractivity contribution in [1.29, 1.82) is 0 Å². The molecule has 0 saturated carbocycles. The number of fused-ring (bicyclic) bond motifs is 1. The Labute approximate surface area is 65.9 Å². The van der Waals surface area contributed by atoms with Gasteiger partial charge in [-0.25, -0.2) is 0 Å². The van der Waals surface area contributed by atoms with E-state index in [4.69, 9.17) is 5.11 Å². The molecule has 1 aliphatic heterocycles. The zero-order chi connectivity index (χ0) is 7.68. The van der Waals surface area contributed by atoms with Gasteiger partial charge in [-0.15, -0.1) is 0 Å². The minimum Gasteiger partial charge on any atom is -0.508 e. The second-order valence-electron chi connectivity index (χ2n) is 2.58. The summed E-state index contributed by atoms with van der Waals surface area (Å²) < 4.78 is 0. The van der Waals surface area contributed by atoms with Gasteiger partial charge in [0.15, 0.2) is 0 Å². The number of hydrogen-bond acceptors (Lipinski definition) is 2. The largest absolute Gasteiger partial charge is 0.508 e. The Morgan fingerprint density at radius 2 is 2.36 bits per heavy atom. The minimum absolute atomic E-state index is 0.306. The number of hydrogen-bond donors (Lipinski definition) is 2. The van der Waals surface area contributed by atoms with Gasteiger partial charge in [0, 0.05) is 18.7 Å². The van der Waals surface area contributed by atoms with Crippen LogP contribution in [0.25, 0.3) is 0 Å². The molecule has 2 rings (SSSR count). The first-order chi connectivity index (χ1) is 5.36. The van der Waals surface area contributed by atoms with Crippen molar-refractivity contribution in [3.05, 3.63) is 30.2 Å². The molecule has 1 aromatic carbocycles. The lowest BCUT2D eigenvalue weighted by Gasteiger charge is -2.16. The van der Waals surface area contributed by atoms with Gasteiger partial charge in [-0.05, 0) is 30.2 Å². The second-order valence-corrected chi connectivity index (χ2v) is 2.58. The Morgan fingerprint density at radius 3 is 3.27 bits per heavy atom. The number of aromatic hydroxyl groups is 1. The van der Waals surface area contributed by atoms with Crippen LogP contribution in [0, 0.1) is 6.42 Å². The van der Waals surface area contributed by atoms with Gasteiger partial charge in [-0.3, -0.25) is 0 Å². The van der Waals surface area contributed by atoms with Crippen LogP contribution < -0.4 is 5.32 Å². The van der Waals surface area contributed by atoms with Crippen molar-refractivity contribution in [2.75, 3.05) is 11.9 Å². The molecule has 0 spiro atoms. The molecular weight excluding hydrogens is 138 g/mol. The number of anilines is 1. The van der Waals surface area contributed by atoms with E-state index in [1.165, 1.54) is 0 Å². The van der Waals surface area contributed by atoms with Crippen LogP contribution in [0.2, 0.25) is 0 Å². The zero-order valence-electron chi connectivity index (χ0n) is 6.09. The fraction of sp³-hybridized carbons (Fsp3) is 0.222. The van der Waals surface area contributed by atoms with Gasteiger partial charge in [0.2, 0.25) is 0 Å². The SMILES string of the molecule is Oc1ccc2c(c1)[C]CCN2. The summed E-state index contributed by atoms with van der Waals surface area (Å²) in [5, 5.41) is 12.3. The van der Waals surface area contributed by atoms with Crippen molar-refractivity contribution in [3.8, 4) is 5.75 Å². The first kappa shape index (κ1) is 6.53. The van der Waals surface area contributed by atoms with E-state index < -0.39 is 0 Å². The van der Waals surface area contributed by atoms with Crippen LogP contribution in [0.15, 0.2) is 18.2 Å². The molecule has 1 aromatic rings. The highest BCUT2D eigenvalue weighted by Gasteiger charge is 2.08. The van der Waals surface area contributed by atoms with Crippen LogP contribution in [0.4, 0.5) is 5.69 Å². The molecule has 56 valence electrons. The highest BCUT2D eigenvalue weighted by Crippen LogP contribution is 2.26. The monoisotopic (exact) mass is 147 g/mol. The lowest BCUT2D eigenvalue weighted by molar-refractivity contribution is 0.475.